The van der Waals surface area contributed by atoms with Gasteiger partial charge in [0.05, 0.1) is 6.61 Å². The van der Waals surface area contributed by atoms with Crippen LogP contribution in [0.5, 0.6) is 5.75 Å². The van der Waals surface area contributed by atoms with Gasteiger partial charge in [-0.15, -0.1) is 0 Å². The van der Waals surface area contributed by atoms with Crippen LogP contribution >= 0.6 is 0 Å². The van der Waals surface area contributed by atoms with E-state index in [4.69, 9.17) is 10.5 Å². The second kappa shape index (κ2) is 5.43. The summed E-state index contributed by atoms with van der Waals surface area (Å²) < 4.78 is 5.44. The third kappa shape index (κ3) is 3.34. The minimum atomic E-state index is 0.675. The number of ether oxygens (including phenoxy) is 1. The Balaban J connectivity index is 2.40. The molecule has 72 valence electrons. The largest absolute Gasteiger partial charge is 0.494 e. The molecule has 0 radical (unpaired) electrons. The fourth-order valence-corrected chi connectivity index (χ4v) is 0.991. The molecule has 0 aliphatic heterocycles. The van der Waals surface area contributed by atoms with Crippen molar-refractivity contribution < 1.29 is 4.74 Å². The summed E-state index contributed by atoms with van der Waals surface area (Å²) in [5.74, 6) is 0.896. The van der Waals surface area contributed by atoms with Gasteiger partial charge in [-0.05, 0) is 37.2 Å². The highest BCUT2D eigenvalue weighted by atomic mass is 16.5. The van der Waals surface area contributed by atoms with Gasteiger partial charge in [0.25, 0.3) is 0 Å². The molecule has 0 amide bonds. The molecule has 0 aliphatic rings. The maximum absolute atomic E-state index is 5.44. The first-order valence-electron chi connectivity index (χ1n) is 4.47. The van der Waals surface area contributed by atoms with E-state index in [2.05, 4.69) is 5.32 Å². The lowest BCUT2D eigenvalue weighted by Crippen LogP contribution is -2.05. The van der Waals surface area contributed by atoms with E-state index in [-0.39, 0.29) is 0 Å². The topological polar surface area (TPSA) is 47.3 Å². The predicted molar refractivity (Wildman–Crippen MR) is 55.2 cm³/mol. The molecule has 0 fully saturated rings. The summed E-state index contributed by atoms with van der Waals surface area (Å²) >= 11 is 0. The van der Waals surface area contributed by atoms with Gasteiger partial charge in [-0.3, -0.25) is 0 Å². The molecule has 3 N–H and O–H groups in total. The van der Waals surface area contributed by atoms with Crippen LogP contribution in [0.3, 0.4) is 0 Å². The molecular formula is C10H16N2O. The monoisotopic (exact) mass is 180 g/mol. The van der Waals surface area contributed by atoms with E-state index < -0.39 is 0 Å². The van der Waals surface area contributed by atoms with Crippen LogP contribution in [0.15, 0.2) is 24.3 Å². The molecule has 1 rings (SSSR count). The molecule has 1 aromatic carbocycles. The van der Waals surface area contributed by atoms with Gasteiger partial charge in [-0.1, -0.05) is 0 Å². The van der Waals surface area contributed by atoms with Crippen LogP contribution in [0.25, 0.3) is 0 Å². The van der Waals surface area contributed by atoms with Crippen LogP contribution in [0.1, 0.15) is 6.42 Å². The number of nitrogens with two attached hydrogens (primary N) is 1. The van der Waals surface area contributed by atoms with Crippen molar-refractivity contribution in [2.45, 2.75) is 6.42 Å². The van der Waals surface area contributed by atoms with Gasteiger partial charge in [0, 0.05) is 12.7 Å². The Labute approximate surface area is 78.9 Å². The lowest BCUT2D eigenvalue weighted by Gasteiger charge is -2.05. The third-order valence-electron chi connectivity index (χ3n) is 1.76. The van der Waals surface area contributed by atoms with Crippen LogP contribution in [0.2, 0.25) is 0 Å². The van der Waals surface area contributed by atoms with Gasteiger partial charge in [-0.25, -0.2) is 0 Å². The number of hydrogen-bond acceptors (Lipinski definition) is 3. The van der Waals surface area contributed by atoms with Crippen molar-refractivity contribution in [3.8, 4) is 5.75 Å². The van der Waals surface area contributed by atoms with Crippen molar-refractivity contribution in [3.63, 3.8) is 0 Å². The maximum Gasteiger partial charge on any atom is 0.119 e. The molecule has 0 saturated carbocycles. The highest BCUT2D eigenvalue weighted by Gasteiger charge is 1.92. The minimum absolute atomic E-state index is 0.675. The predicted octanol–water partition coefficient (Wildman–Crippen LogP) is 1.46. The Hall–Kier alpha value is -1.22. The third-order valence-corrected chi connectivity index (χ3v) is 1.76. The number of hydrogen-bond donors (Lipinski definition) is 2. The van der Waals surface area contributed by atoms with Crippen LogP contribution in [0.4, 0.5) is 5.69 Å². The second-order valence-electron chi connectivity index (χ2n) is 2.77. The zero-order valence-electron chi connectivity index (χ0n) is 7.92. The van der Waals surface area contributed by atoms with Crippen molar-refractivity contribution in [1.29, 1.82) is 0 Å². The summed E-state index contributed by atoms with van der Waals surface area (Å²) in [5, 5.41) is 3.05. The van der Waals surface area contributed by atoms with Gasteiger partial charge in [0.2, 0.25) is 0 Å². The second-order valence-corrected chi connectivity index (χ2v) is 2.77. The summed E-state index contributed by atoms with van der Waals surface area (Å²) in [6, 6.07) is 7.86. The van der Waals surface area contributed by atoms with Crippen LogP contribution in [-0.2, 0) is 0 Å². The van der Waals surface area contributed by atoms with Crippen LogP contribution in [-0.4, -0.2) is 20.2 Å². The zero-order valence-corrected chi connectivity index (χ0v) is 7.92. The molecule has 3 heteroatoms. The summed E-state index contributed by atoms with van der Waals surface area (Å²) in [5.41, 5.74) is 6.44. The Morgan fingerprint density at radius 3 is 2.54 bits per heavy atom. The van der Waals surface area contributed by atoms with Crippen molar-refractivity contribution in [2.75, 3.05) is 25.5 Å². The first-order chi connectivity index (χ1) is 6.36. The fourth-order valence-electron chi connectivity index (χ4n) is 0.991. The van der Waals surface area contributed by atoms with E-state index in [1.807, 2.05) is 31.3 Å². The molecule has 13 heavy (non-hydrogen) atoms. The van der Waals surface area contributed by atoms with Gasteiger partial charge < -0.3 is 15.8 Å². The average molecular weight is 180 g/mol. The zero-order chi connectivity index (χ0) is 9.52. The standard InChI is InChI=1S/C10H16N2O/c1-12-9-3-5-10(6-4-9)13-8-2-7-11/h3-6,12H,2,7-8,11H2,1H3. The lowest BCUT2D eigenvalue weighted by molar-refractivity contribution is 0.313. The van der Waals surface area contributed by atoms with Crippen molar-refractivity contribution in [1.82, 2.24) is 0 Å². The maximum atomic E-state index is 5.44. The molecule has 0 bridgehead atoms. The Morgan fingerprint density at radius 2 is 2.00 bits per heavy atom. The van der Waals surface area contributed by atoms with E-state index in [1.54, 1.807) is 0 Å². The average Bonchev–Trinajstić information content (AvgIpc) is 2.19. The summed E-state index contributed by atoms with van der Waals surface area (Å²) in [6.07, 6.45) is 0.897. The molecule has 0 unspecified atom stereocenters. The number of benzene rings is 1. The number of rotatable bonds is 5. The van der Waals surface area contributed by atoms with Crippen molar-refractivity contribution in [2.24, 2.45) is 5.73 Å². The molecule has 0 spiro atoms. The van der Waals surface area contributed by atoms with Crippen molar-refractivity contribution in [3.05, 3.63) is 24.3 Å². The van der Waals surface area contributed by atoms with Crippen molar-refractivity contribution >= 4 is 5.69 Å². The Kier molecular flexibility index (Phi) is 4.12. The Bertz CT molecular complexity index is 233. The fraction of sp³-hybridized carbons (Fsp3) is 0.400. The van der Waals surface area contributed by atoms with Gasteiger partial charge in [-0.2, -0.15) is 0 Å². The summed E-state index contributed by atoms with van der Waals surface area (Å²) in [4.78, 5) is 0. The highest BCUT2D eigenvalue weighted by molar-refractivity contribution is 5.45. The van der Waals surface area contributed by atoms with Crippen LogP contribution in [0, 0.1) is 0 Å². The quantitative estimate of drug-likeness (QED) is 0.674. The molecule has 0 aliphatic carbocycles. The van der Waals surface area contributed by atoms with E-state index in [1.165, 1.54) is 0 Å². The first kappa shape index (κ1) is 9.86. The SMILES string of the molecule is CNc1ccc(OCCCN)cc1. The lowest BCUT2D eigenvalue weighted by atomic mass is 10.3. The number of anilines is 1. The minimum Gasteiger partial charge on any atom is -0.494 e. The van der Waals surface area contributed by atoms with Gasteiger partial charge in [0.15, 0.2) is 0 Å². The molecule has 0 saturated heterocycles. The van der Waals surface area contributed by atoms with Gasteiger partial charge >= 0.3 is 0 Å². The first-order valence-corrected chi connectivity index (χ1v) is 4.47. The summed E-state index contributed by atoms with van der Waals surface area (Å²) in [6.45, 7) is 1.37. The highest BCUT2D eigenvalue weighted by Crippen LogP contribution is 2.14. The number of nitrogens with one attached hydrogen (secondary N) is 1. The summed E-state index contributed by atoms with van der Waals surface area (Å²) in [7, 11) is 1.89. The van der Waals surface area contributed by atoms with E-state index in [0.29, 0.717) is 13.2 Å². The molecule has 1 aromatic rings. The molecule has 0 aromatic heterocycles. The van der Waals surface area contributed by atoms with E-state index in [9.17, 15) is 0 Å². The molecule has 0 heterocycles. The molecule has 3 nitrogen and oxygen atoms in total. The molecular weight excluding hydrogens is 164 g/mol. The van der Waals surface area contributed by atoms with Crippen LogP contribution < -0.4 is 15.8 Å². The van der Waals surface area contributed by atoms with Gasteiger partial charge in [0.1, 0.15) is 5.75 Å². The van der Waals surface area contributed by atoms with E-state index >= 15 is 0 Å². The molecule has 0 atom stereocenters. The van der Waals surface area contributed by atoms with E-state index in [0.717, 1.165) is 17.9 Å². The Morgan fingerprint density at radius 1 is 1.31 bits per heavy atom. The smallest absolute Gasteiger partial charge is 0.119 e. The normalized spacial score (nSPS) is 9.69.